The van der Waals surface area contributed by atoms with E-state index in [1.54, 1.807) is 36.3 Å². The molecule has 2 aromatic rings. The van der Waals surface area contributed by atoms with E-state index >= 15 is 0 Å². The lowest BCUT2D eigenvalue weighted by Gasteiger charge is -2.44. The normalized spacial score (nSPS) is 25.8. The van der Waals surface area contributed by atoms with E-state index in [2.05, 4.69) is 22.8 Å². The Morgan fingerprint density at radius 3 is 2.62 bits per heavy atom. The third-order valence-corrected chi connectivity index (χ3v) is 7.39. The molecular weight excluding hydrogens is 474 g/mol. The number of aliphatic hydroxyl groups excluding tert-OH is 1. The van der Waals surface area contributed by atoms with Gasteiger partial charge in [-0.1, -0.05) is 30.3 Å². The van der Waals surface area contributed by atoms with Gasteiger partial charge in [-0.25, -0.2) is 4.79 Å². The number of aliphatic hydroxyl groups is 1. The molecule has 0 spiro atoms. The van der Waals surface area contributed by atoms with Gasteiger partial charge in [-0.05, 0) is 48.9 Å². The minimum atomic E-state index is -0.795. The highest BCUT2D eigenvalue weighted by Gasteiger charge is 2.40. The SMILES string of the molecule is COc1cccc(NC(=O)N2C[C@H](O)COC[C@@H]3O[C@@H](CC(=O)NC4Cc5ccccc5C4)CC[C@H]32)c1. The number of amides is 3. The second-order valence-electron chi connectivity index (χ2n) is 10.1. The molecule has 2 aromatic carbocycles. The van der Waals surface area contributed by atoms with Gasteiger partial charge in [0.05, 0.1) is 51.5 Å². The molecule has 3 amide bonds. The van der Waals surface area contributed by atoms with Crippen molar-refractivity contribution in [2.24, 2.45) is 0 Å². The lowest BCUT2D eigenvalue weighted by Crippen LogP contribution is -2.58. The van der Waals surface area contributed by atoms with E-state index in [1.807, 2.05) is 12.1 Å². The summed E-state index contributed by atoms with van der Waals surface area (Å²) in [5.74, 6) is 0.622. The van der Waals surface area contributed by atoms with Crippen molar-refractivity contribution < 1.29 is 28.9 Å². The number of carbonyl (C=O) groups is 2. The van der Waals surface area contributed by atoms with Gasteiger partial charge < -0.3 is 34.9 Å². The summed E-state index contributed by atoms with van der Waals surface area (Å²) in [6.45, 7) is 0.497. The maximum Gasteiger partial charge on any atom is 0.322 e. The number of rotatable bonds is 5. The fourth-order valence-corrected chi connectivity index (χ4v) is 5.62. The summed E-state index contributed by atoms with van der Waals surface area (Å²) in [7, 11) is 1.57. The van der Waals surface area contributed by atoms with Crippen LogP contribution in [0.5, 0.6) is 5.75 Å². The third-order valence-electron chi connectivity index (χ3n) is 7.39. The van der Waals surface area contributed by atoms with Crippen LogP contribution >= 0.6 is 0 Å². The predicted octanol–water partition coefficient (Wildman–Crippen LogP) is 2.51. The van der Waals surface area contributed by atoms with Gasteiger partial charge >= 0.3 is 6.03 Å². The number of carbonyl (C=O) groups excluding carboxylic acids is 2. The quantitative estimate of drug-likeness (QED) is 0.572. The molecule has 2 saturated heterocycles. The van der Waals surface area contributed by atoms with Gasteiger partial charge in [0.1, 0.15) is 11.9 Å². The number of hydrogen-bond donors (Lipinski definition) is 3. The molecule has 2 aliphatic heterocycles. The molecule has 2 heterocycles. The van der Waals surface area contributed by atoms with Crippen LogP contribution < -0.4 is 15.4 Å². The third kappa shape index (κ3) is 6.23. The summed E-state index contributed by atoms with van der Waals surface area (Å²) < 4.78 is 17.2. The number of methoxy groups -OCH3 is 1. The van der Waals surface area contributed by atoms with Crippen LogP contribution in [0, 0.1) is 0 Å². The number of nitrogens with one attached hydrogen (secondary N) is 2. The van der Waals surface area contributed by atoms with Gasteiger partial charge in [0, 0.05) is 17.8 Å². The van der Waals surface area contributed by atoms with Gasteiger partial charge in [-0.15, -0.1) is 0 Å². The topological polar surface area (TPSA) is 109 Å². The number of ether oxygens (including phenoxy) is 3. The second-order valence-corrected chi connectivity index (χ2v) is 10.1. The molecule has 0 bridgehead atoms. The predicted molar refractivity (Wildman–Crippen MR) is 138 cm³/mol. The van der Waals surface area contributed by atoms with Crippen molar-refractivity contribution >= 4 is 17.6 Å². The number of β-amino-alcohol motifs (C(OH)–C–C–N with tert-alkyl or cyclic N) is 1. The van der Waals surface area contributed by atoms with Crippen molar-refractivity contribution in [3.8, 4) is 5.75 Å². The molecule has 37 heavy (non-hydrogen) atoms. The van der Waals surface area contributed by atoms with E-state index in [0.29, 0.717) is 24.3 Å². The first-order valence-corrected chi connectivity index (χ1v) is 13.0. The minimum absolute atomic E-state index is 0.0175. The largest absolute Gasteiger partial charge is 0.497 e. The Kier molecular flexibility index (Phi) is 7.93. The molecular formula is C28H35N3O6. The Morgan fingerprint density at radius 2 is 1.86 bits per heavy atom. The molecule has 0 aromatic heterocycles. The molecule has 1 aliphatic carbocycles. The number of anilines is 1. The minimum Gasteiger partial charge on any atom is -0.497 e. The van der Waals surface area contributed by atoms with E-state index in [9.17, 15) is 14.7 Å². The Hall–Kier alpha value is -3.14. The van der Waals surface area contributed by atoms with Gasteiger partial charge in [-0.2, -0.15) is 0 Å². The zero-order chi connectivity index (χ0) is 25.8. The summed E-state index contributed by atoms with van der Waals surface area (Å²) in [6, 6.07) is 15.0. The van der Waals surface area contributed by atoms with Crippen LogP contribution in [0.15, 0.2) is 48.5 Å². The fourth-order valence-electron chi connectivity index (χ4n) is 5.62. The second kappa shape index (κ2) is 11.5. The first-order valence-electron chi connectivity index (χ1n) is 13.0. The molecule has 0 unspecified atom stereocenters. The maximum atomic E-state index is 13.3. The number of urea groups is 1. The Morgan fingerprint density at radius 1 is 1.08 bits per heavy atom. The monoisotopic (exact) mass is 509 g/mol. The van der Waals surface area contributed by atoms with Crippen LogP contribution in [0.3, 0.4) is 0 Å². The highest BCUT2D eigenvalue weighted by molar-refractivity contribution is 5.90. The average molecular weight is 510 g/mol. The fraction of sp³-hybridized carbons (Fsp3) is 0.500. The molecule has 9 heteroatoms. The van der Waals surface area contributed by atoms with Crippen LogP contribution in [-0.2, 0) is 27.1 Å². The maximum absolute atomic E-state index is 13.3. The zero-order valence-corrected chi connectivity index (χ0v) is 21.1. The average Bonchev–Trinajstić information content (AvgIpc) is 3.28. The molecule has 2 fully saturated rings. The Balaban J connectivity index is 1.19. The molecule has 9 nitrogen and oxygen atoms in total. The standard InChI is InChI=1S/C28H35N3O6/c1-35-23-8-4-7-20(13-23)30-28(34)31-15-22(32)16-36-17-26-25(31)10-9-24(37-26)14-27(33)29-21-11-18-5-2-3-6-19(18)12-21/h2-8,13,21-22,24-26,32H,9-12,14-17H2,1H3,(H,29,33)(H,30,34)/t22-,24+,25+,26-/m0/s1. The lowest BCUT2D eigenvalue weighted by molar-refractivity contribution is -0.150. The number of benzene rings is 2. The molecule has 3 aliphatic rings. The van der Waals surface area contributed by atoms with E-state index in [1.165, 1.54) is 11.1 Å². The van der Waals surface area contributed by atoms with E-state index in [-0.39, 0.29) is 62.4 Å². The summed E-state index contributed by atoms with van der Waals surface area (Å²) in [5.41, 5.74) is 3.20. The molecule has 0 saturated carbocycles. The number of hydrogen-bond acceptors (Lipinski definition) is 6. The van der Waals surface area contributed by atoms with E-state index < -0.39 is 6.10 Å². The molecule has 5 rings (SSSR count). The van der Waals surface area contributed by atoms with Crippen molar-refractivity contribution in [1.82, 2.24) is 10.2 Å². The highest BCUT2D eigenvalue weighted by atomic mass is 16.5. The van der Waals surface area contributed by atoms with Crippen LogP contribution in [0.4, 0.5) is 10.5 Å². The first-order chi connectivity index (χ1) is 18.0. The number of fused-ring (bicyclic) bond motifs is 2. The summed E-state index contributed by atoms with van der Waals surface area (Å²) >= 11 is 0. The van der Waals surface area contributed by atoms with Crippen molar-refractivity contribution in [1.29, 1.82) is 0 Å². The van der Waals surface area contributed by atoms with Gasteiger partial charge in [-0.3, -0.25) is 4.79 Å². The molecule has 198 valence electrons. The number of nitrogens with zero attached hydrogens (tertiary/aromatic N) is 1. The smallest absolute Gasteiger partial charge is 0.322 e. The van der Waals surface area contributed by atoms with Gasteiger partial charge in [0.2, 0.25) is 5.91 Å². The van der Waals surface area contributed by atoms with Crippen LogP contribution in [0.25, 0.3) is 0 Å². The zero-order valence-electron chi connectivity index (χ0n) is 21.1. The molecule has 0 radical (unpaired) electrons. The first kappa shape index (κ1) is 25.5. The highest BCUT2D eigenvalue weighted by Crippen LogP contribution is 2.29. The van der Waals surface area contributed by atoms with Crippen molar-refractivity contribution in [3.63, 3.8) is 0 Å². The van der Waals surface area contributed by atoms with Crippen molar-refractivity contribution in [2.45, 2.75) is 62.5 Å². The summed E-state index contributed by atoms with van der Waals surface area (Å²) in [6.07, 6.45) is 1.84. The van der Waals surface area contributed by atoms with Crippen molar-refractivity contribution in [3.05, 3.63) is 59.7 Å². The van der Waals surface area contributed by atoms with Crippen molar-refractivity contribution in [2.75, 3.05) is 32.2 Å². The summed E-state index contributed by atoms with van der Waals surface area (Å²) in [4.78, 5) is 27.8. The van der Waals surface area contributed by atoms with Gasteiger partial charge in [0.15, 0.2) is 0 Å². The van der Waals surface area contributed by atoms with Crippen LogP contribution in [0.2, 0.25) is 0 Å². The Bertz CT molecular complexity index is 1090. The molecule has 3 N–H and O–H groups in total. The Labute approximate surface area is 217 Å². The van der Waals surface area contributed by atoms with Gasteiger partial charge in [0.25, 0.3) is 0 Å². The molecule has 4 atom stereocenters. The lowest BCUT2D eigenvalue weighted by atomic mass is 9.95. The van der Waals surface area contributed by atoms with Crippen LogP contribution in [-0.4, -0.2) is 79.2 Å². The van der Waals surface area contributed by atoms with E-state index in [4.69, 9.17) is 14.2 Å². The van der Waals surface area contributed by atoms with E-state index in [0.717, 1.165) is 12.8 Å². The van der Waals surface area contributed by atoms with Crippen LogP contribution in [0.1, 0.15) is 30.4 Å². The summed E-state index contributed by atoms with van der Waals surface area (Å²) in [5, 5.41) is 16.5.